The highest BCUT2D eigenvalue weighted by Crippen LogP contribution is 2.43. The van der Waals surface area contributed by atoms with Gasteiger partial charge in [0.2, 0.25) is 5.75 Å². The number of benzene rings is 1. The van der Waals surface area contributed by atoms with Gasteiger partial charge in [0.1, 0.15) is 0 Å². The molecule has 0 radical (unpaired) electrons. The molecule has 0 aliphatic rings. The Morgan fingerprint density at radius 2 is 2.06 bits per heavy atom. The number of phenolic OH excluding ortho intramolecular Hbond substituents is 1. The van der Waals surface area contributed by atoms with Crippen LogP contribution in [0.5, 0.6) is 17.2 Å². The van der Waals surface area contributed by atoms with E-state index in [1.54, 1.807) is 6.07 Å². The second-order valence-electron chi connectivity index (χ2n) is 3.04. The van der Waals surface area contributed by atoms with Crippen molar-refractivity contribution < 1.29 is 19.4 Å². The Morgan fingerprint density at radius 1 is 1.38 bits per heavy atom. The molecule has 0 heterocycles. The summed E-state index contributed by atoms with van der Waals surface area (Å²) in [6, 6.07) is 1.73. The predicted octanol–water partition coefficient (Wildman–Crippen LogP) is 1.60. The molecule has 6 heteroatoms. The van der Waals surface area contributed by atoms with Crippen molar-refractivity contribution in [2.75, 3.05) is 20.8 Å². The maximum absolute atomic E-state index is 9.98. The van der Waals surface area contributed by atoms with Crippen LogP contribution in [0, 0.1) is 0 Å². The monoisotopic (exact) mass is 291 g/mol. The van der Waals surface area contributed by atoms with E-state index in [1.165, 1.54) is 14.2 Å². The summed E-state index contributed by atoms with van der Waals surface area (Å²) in [5.74, 6) is 5.75. The van der Waals surface area contributed by atoms with Crippen molar-refractivity contribution >= 4 is 15.9 Å². The lowest BCUT2D eigenvalue weighted by molar-refractivity contribution is 0.140. The minimum atomic E-state index is 0.0331. The Bertz CT molecular complexity index is 370. The van der Waals surface area contributed by atoms with Crippen LogP contribution in [0.25, 0.3) is 0 Å². The lowest BCUT2D eigenvalue weighted by Gasteiger charge is -2.14. The van der Waals surface area contributed by atoms with Crippen LogP contribution >= 0.6 is 15.9 Å². The zero-order valence-corrected chi connectivity index (χ0v) is 10.7. The second-order valence-corrected chi connectivity index (χ2v) is 3.90. The minimum absolute atomic E-state index is 0.0331. The third kappa shape index (κ3) is 2.58. The standard InChI is InChI=1S/C10H14BrNO4/c1-14-8-5-7(11)6(3-4-16-12)9(13)10(8)15-2/h5,13H,3-4,12H2,1-2H3. The molecule has 0 aliphatic carbocycles. The molecule has 1 aromatic carbocycles. The zero-order chi connectivity index (χ0) is 12.1. The zero-order valence-electron chi connectivity index (χ0n) is 9.12. The van der Waals surface area contributed by atoms with Gasteiger partial charge in [0.05, 0.1) is 20.8 Å². The lowest BCUT2D eigenvalue weighted by Crippen LogP contribution is -2.05. The summed E-state index contributed by atoms with van der Waals surface area (Å²) in [4.78, 5) is 4.48. The third-order valence-corrected chi connectivity index (χ3v) is 2.87. The van der Waals surface area contributed by atoms with Crippen LogP contribution in [0.3, 0.4) is 0 Å². The van der Waals surface area contributed by atoms with Gasteiger partial charge in [-0.3, -0.25) is 0 Å². The topological polar surface area (TPSA) is 73.9 Å². The molecule has 3 N–H and O–H groups in total. The Hall–Kier alpha value is -0.980. The maximum Gasteiger partial charge on any atom is 0.203 e. The average molecular weight is 292 g/mol. The first-order chi connectivity index (χ1) is 7.65. The van der Waals surface area contributed by atoms with Crippen LogP contribution < -0.4 is 15.4 Å². The fourth-order valence-electron chi connectivity index (χ4n) is 1.38. The number of halogens is 1. The fraction of sp³-hybridized carbons (Fsp3) is 0.400. The van der Waals surface area contributed by atoms with Crippen LogP contribution in [0.15, 0.2) is 10.5 Å². The van der Waals surface area contributed by atoms with E-state index in [0.29, 0.717) is 30.1 Å². The molecule has 0 bridgehead atoms. The first-order valence-corrected chi connectivity index (χ1v) is 5.39. The lowest BCUT2D eigenvalue weighted by atomic mass is 10.1. The van der Waals surface area contributed by atoms with Gasteiger partial charge >= 0.3 is 0 Å². The number of hydrogen-bond donors (Lipinski definition) is 2. The summed E-state index contributed by atoms with van der Waals surface area (Å²) in [7, 11) is 2.97. The van der Waals surface area contributed by atoms with E-state index in [9.17, 15) is 5.11 Å². The van der Waals surface area contributed by atoms with E-state index >= 15 is 0 Å². The van der Waals surface area contributed by atoms with Crippen molar-refractivity contribution in [2.45, 2.75) is 6.42 Å². The van der Waals surface area contributed by atoms with Crippen molar-refractivity contribution in [2.24, 2.45) is 5.90 Å². The van der Waals surface area contributed by atoms with Crippen molar-refractivity contribution in [1.29, 1.82) is 0 Å². The Labute approximate surface area is 102 Å². The molecule has 0 saturated carbocycles. The smallest absolute Gasteiger partial charge is 0.203 e. The maximum atomic E-state index is 9.98. The predicted molar refractivity (Wildman–Crippen MR) is 62.8 cm³/mol. The SMILES string of the molecule is COc1cc(Br)c(CCON)c(O)c1OC. The number of rotatable bonds is 5. The molecule has 0 saturated heterocycles. The molecule has 0 aromatic heterocycles. The minimum Gasteiger partial charge on any atom is -0.504 e. The molecule has 0 aliphatic heterocycles. The molecule has 0 atom stereocenters. The van der Waals surface area contributed by atoms with Gasteiger partial charge in [-0.15, -0.1) is 0 Å². The van der Waals surface area contributed by atoms with Crippen LogP contribution in [-0.4, -0.2) is 25.9 Å². The summed E-state index contributed by atoms with van der Waals surface area (Å²) < 4.78 is 10.9. The molecular weight excluding hydrogens is 278 g/mol. The first-order valence-electron chi connectivity index (χ1n) is 4.59. The number of nitrogens with two attached hydrogens (primary N) is 1. The number of methoxy groups -OCH3 is 2. The Balaban J connectivity index is 3.18. The van der Waals surface area contributed by atoms with Crippen molar-refractivity contribution in [3.63, 3.8) is 0 Å². The van der Waals surface area contributed by atoms with Crippen molar-refractivity contribution in [3.05, 3.63) is 16.1 Å². The summed E-state index contributed by atoms with van der Waals surface area (Å²) in [6.07, 6.45) is 0.475. The van der Waals surface area contributed by atoms with Crippen LogP contribution in [0.4, 0.5) is 0 Å². The molecule has 0 spiro atoms. The van der Waals surface area contributed by atoms with Gasteiger partial charge in [-0.05, 0) is 6.07 Å². The van der Waals surface area contributed by atoms with E-state index in [-0.39, 0.29) is 5.75 Å². The average Bonchev–Trinajstić information content (AvgIpc) is 2.28. The normalized spacial score (nSPS) is 10.2. The van der Waals surface area contributed by atoms with Gasteiger partial charge in [-0.1, -0.05) is 15.9 Å². The van der Waals surface area contributed by atoms with Crippen molar-refractivity contribution in [3.8, 4) is 17.2 Å². The number of aromatic hydroxyl groups is 1. The van der Waals surface area contributed by atoms with E-state index in [4.69, 9.17) is 15.4 Å². The van der Waals surface area contributed by atoms with Crippen LogP contribution in [0.2, 0.25) is 0 Å². The largest absolute Gasteiger partial charge is 0.504 e. The molecule has 0 fully saturated rings. The summed E-state index contributed by atoms with van der Waals surface area (Å²) in [5, 5.41) is 9.98. The van der Waals surface area contributed by atoms with Gasteiger partial charge in [0.25, 0.3) is 0 Å². The van der Waals surface area contributed by atoms with E-state index in [1.807, 2.05) is 0 Å². The summed E-state index contributed by atoms with van der Waals surface area (Å²) >= 11 is 3.34. The molecule has 5 nitrogen and oxygen atoms in total. The van der Waals surface area contributed by atoms with Gasteiger partial charge in [-0.2, -0.15) is 0 Å². The van der Waals surface area contributed by atoms with Gasteiger partial charge < -0.3 is 19.4 Å². The van der Waals surface area contributed by atoms with Crippen LogP contribution in [-0.2, 0) is 11.3 Å². The Morgan fingerprint density at radius 3 is 2.56 bits per heavy atom. The molecule has 0 amide bonds. The molecule has 1 aromatic rings. The highest BCUT2D eigenvalue weighted by molar-refractivity contribution is 9.10. The molecular formula is C10H14BrNO4. The molecule has 16 heavy (non-hydrogen) atoms. The number of hydrogen-bond acceptors (Lipinski definition) is 5. The van der Waals surface area contributed by atoms with Gasteiger partial charge in [-0.25, -0.2) is 5.90 Å². The summed E-state index contributed by atoms with van der Waals surface area (Å²) in [6.45, 7) is 0.307. The second kappa shape index (κ2) is 5.93. The van der Waals surface area contributed by atoms with E-state index in [2.05, 4.69) is 20.8 Å². The highest BCUT2D eigenvalue weighted by Gasteiger charge is 2.17. The van der Waals surface area contributed by atoms with Gasteiger partial charge in [0.15, 0.2) is 11.5 Å². The third-order valence-electron chi connectivity index (χ3n) is 2.16. The van der Waals surface area contributed by atoms with Crippen molar-refractivity contribution in [1.82, 2.24) is 0 Å². The highest BCUT2D eigenvalue weighted by atomic mass is 79.9. The molecule has 1 rings (SSSR count). The Kier molecular flexibility index (Phi) is 4.85. The molecule has 0 unspecified atom stereocenters. The quantitative estimate of drug-likeness (QED) is 0.806. The number of ether oxygens (including phenoxy) is 2. The van der Waals surface area contributed by atoms with Gasteiger partial charge in [0, 0.05) is 16.5 Å². The summed E-state index contributed by atoms with van der Waals surface area (Å²) in [5.41, 5.74) is 0.670. The first kappa shape index (κ1) is 13.1. The van der Waals surface area contributed by atoms with E-state index < -0.39 is 0 Å². The number of phenols is 1. The fourth-order valence-corrected chi connectivity index (χ4v) is 1.98. The molecule has 90 valence electrons. The van der Waals surface area contributed by atoms with E-state index in [0.717, 1.165) is 4.47 Å². The van der Waals surface area contributed by atoms with Crippen LogP contribution in [0.1, 0.15) is 5.56 Å².